The van der Waals surface area contributed by atoms with Gasteiger partial charge in [0, 0.05) is 11.1 Å². The molecular formula is C16H26ClNO. The van der Waals surface area contributed by atoms with Crippen molar-refractivity contribution >= 4 is 17.3 Å². The Morgan fingerprint density at radius 2 is 1.95 bits per heavy atom. The van der Waals surface area contributed by atoms with E-state index in [1.807, 2.05) is 18.2 Å². The van der Waals surface area contributed by atoms with Gasteiger partial charge < -0.3 is 10.1 Å². The molecule has 1 aromatic rings. The van der Waals surface area contributed by atoms with E-state index < -0.39 is 0 Å². The number of halogens is 1. The number of anilines is 1. The highest BCUT2D eigenvalue weighted by atomic mass is 35.5. The largest absolute Gasteiger partial charge is 0.495 e. The Morgan fingerprint density at radius 3 is 2.63 bits per heavy atom. The molecule has 0 saturated heterocycles. The van der Waals surface area contributed by atoms with Gasteiger partial charge in [-0.25, -0.2) is 0 Å². The zero-order valence-electron chi connectivity index (χ0n) is 12.3. The molecule has 1 unspecified atom stereocenters. The lowest BCUT2D eigenvalue weighted by molar-refractivity contribution is 0.415. The van der Waals surface area contributed by atoms with Crippen molar-refractivity contribution in [2.45, 2.75) is 58.4 Å². The molecule has 1 rings (SSSR count). The highest BCUT2D eigenvalue weighted by Crippen LogP contribution is 2.28. The number of benzene rings is 1. The normalized spacial score (nSPS) is 12.2. The van der Waals surface area contributed by atoms with Crippen LogP contribution in [0.15, 0.2) is 18.2 Å². The number of nitrogens with one attached hydrogen (secondary N) is 1. The minimum Gasteiger partial charge on any atom is -0.495 e. The first-order chi connectivity index (χ1) is 9.17. The molecule has 0 fully saturated rings. The van der Waals surface area contributed by atoms with Gasteiger partial charge in [-0.15, -0.1) is 0 Å². The minimum absolute atomic E-state index is 0.439. The van der Waals surface area contributed by atoms with Gasteiger partial charge in [-0.05, 0) is 31.5 Å². The van der Waals surface area contributed by atoms with Crippen LogP contribution in [0.25, 0.3) is 0 Å². The summed E-state index contributed by atoms with van der Waals surface area (Å²) in [6.07, 6.45) is 7.78. The van der Waals surface area contributed by atoms with Crippen molar-refractivity contribution in [2.75, 3.05) is 12.4 Å². The molecule has 0 bridgehead atoms. The molecule has 1 N–H and O–H groups in total. The molecule has 0 aliphatic rings. The number of rotatable bonds is 9. The molecule has 0 spiro atoms. The third-order valence-electron chi connectivity index (χ3n) is 3.30. The fourth-order valence-corrected chi connectivity index (χ4v) is 2.36. The first-order valence-electron chi connectivity index (χ1n) is 7.27. The molecule has 3 heteroatoms. The number of ether oxygens (including phenoxy) is 1. The Balaban J connectivity index is 2.39. The van der Waals surface area contributed by atoms with Crippen molar-refractivity contribution in [1.29, 1.82) is 0 Å². The quantitative estimate of drug-likeness (QED) is 0.603. The van der Waals surface area contributed by atoms with Gasteiger partial charge >= 0.3 is 0 Å². The van der Waals surface area contributed by atoms with Crippen LogP contribution < -0.4 is 10.1 Å². The van der Waals surface area contributed by atoms with Gasteiger partial charge in [-0.3, -0.25) is 0 Å². The van der Waals surface area contributed by atoms with Crippen LogP contribution in [0.4, 0.5) is 5.69 Å². The molecule has 0 heterocycles. The smallest absolute Gasteiger partial charge is 0.142 e. The molecule has 2 nitrogen and oxygen atoms in total. The molecule has 0 aliphatic heterocycles. The third kappa shape index (κ3) is 6.20. The van der Waals surface area contributed by atoms with Gasteiger partial charge in [0.15, 0.2) is 0 Å². The van der Waals surface area contributed by atoms with Gasteiger partial charge in [0.1, 0.15) is 5.75 Å². The van der Waals surface area contributed by atoms with E-state index in [9.17, 15) is 0 Å². The summed E-state index contributed by atoms with van der Waals surface area (Å²) < 4.78 is 5.34. The first kappa shape index (κ1) is 16.2. The van der Waals surface area contributed by atoms with E-state index in [1.165, 1.54) is 38.5 Å². The zero-order chi connectivity index (χ0) is 14.1. The number of unbranched alkanes of at least 4 members (excludes halogenated alkanes) is 4. The van der Waals surface area contributed by atoms with Crippen molar-refractivity contribution in [3.05, 3.63) is 23.2 Å². The highest BCUT2D eigenvalue weighted by Gasteiger charge is 2.07. The monoisotopic (exact) mass is 283 g/mol. The van der Waals surface area contributed by atoms with Crippen LogP contribution in [-0.4, -0.2) is 13.2 Å². The number of hydrogen-bond donors (Lipinski definition) is 1. The van der Waals surface area contributed by atoms with E-state index in [1.54, 1.807) is 7.11 Å². The average molecular weight is 284 g/mol. The van der Waals surface area contributed by atoms with Crippen LogP contribution in [0.5, 0.6) is 5.75 Å². The molecule has 0 aliphatic carbocycles. The Kier molecular flexibility index (Phi) is 7.73. The summed E-state index contributed by atoms with van der Waals surface area (Å²) in [5.74, 6) is 0.849. The summed E-state index contributed by atoms with van der Waals surface area (Å²) in [5, 5.41) is 4.22. The second kappa shape index (κ2) is 9.08. The van der Waals surface area contributed by atoms with Gasteiger partial charge in [-0.2, -0.15) is 0 Å². The standard InChI is InChI=1S/C16H26ClNO/c1-4-5-6-7-8-9-13(2)18-15-12-14(17)10-11-16(15)19-3/h10-13,18H,4-9H2,1-3H3. The Morgan fingerprint density at radius 1 is 1.21 bits per heavy atom. The van der Waals surface area contributed by atoms with Crippen LogP contribution in [0, 0.1) is 0 Å². The summed E-state index contributed by atoms with van der Waals surface area (Å²) in [6, 6.07) is 6.11. The lowest BCUT2D eigenvalue weighted by Crippen LogP contribution is -2.15. The number of hydrogen-bond acceptors (Lipinski definition) is 2. The molecule has 19 heavy (non-hydrogen) atoms. The van der Waals surface area contributed by atoms with Crippen molar-refractivity contribution in [3.63, 3.8) is 0 Å². The topological polar surface area (TPSA) is 21.3 Å². The van der Waals surface area contributed by atoms with Gasteiger partial charge in [0.05, 0.1) is 12.8 Å². The van der Waals surface area contributed by atoms with Gasteiger partial charge in [0.2, 0.25) is 0 Å². The van der Waals surface area contributed by atoms with Crippen LogP contribution in [0.1, 0.15) is 52.4 Å². The van der Waals surface area contributed by atoms with E-state index in [4.69, 9.17) is 16.3 Å². The second-order valence-electron chi connectivity index (χ2n) is 5.09. The fraction of sp³-hybridized carbons (Fsp3) is 0.625. The molecule has 0 radical (unpaired) electrons. The fourth-order valence-electron chi connectivity index (χ4n) is 2.18. The maximum absolute atomic E-state index is 6.02. The van der Waals surface area contributed by atoms with Gasteiger partial charge in [0.25, 0.3) is 0 Å². The molecule has 108 valence electrons. The minimum atomic E-state index is 0.439. The Hall–Kier alpha value is -0.890. The van der Waals surface area contributed by atoms with Crippen LogP contribution in [0.3, 0.4) is 0 Å². The summed E-state index contributed by atoms with van der Waals surface area (Å²) in [5.41, 5.74) is 0.982. The SMILES string of the molecule is CCCCCCCC(C)Nc1cc(Cl)ccc1OC. The van der Waals surface area contributed by atoms with Crippen molar-refractivity contribution in [3.8, 4) is 5.75 Å². The molecule has 0 saturated carbocycles. The Labute approximate surface area is 122 Å². The molecule has 0 amide bonds. The van der Waals surface area contributed by atoms with Crippen molar-refractivity contribution in [1.82, 2.24) is 0 Å². The van der Waals surface area contributed by atoms with Crippen LogP contribution in [-0.2, 0) is 0 Å². The molecule has 1 aromatic carbocycles. The highest BCUT2D eigenvalue weighted by molar-refractivity contribution is 6.30. The Bertz CT molecular complexity index is 368. The van der Waals surface area contributed by atoms with Crippen molar-refractivity contribution in [2.24, 2.45) is 0 Å². The summed E-state index contributed by atoms with van der Waals surface area (Å²) in [4.78, 5) is 0. The van der Waals surface area contributed by atoms with E-state index >= 15 is 0 Å². The van der Waals surface area contributed by atoms with E-state index in [2.05, 4.69) is 19.2 Å². The van der Waals surface area contributed by atoms with E-state index in [0.29, 0.717) is 6.04 Å². The third-order valence-corrected chi connectivity index (χ3v) is 3.54. The predicted molar refractivity (Wildman–Crippen MR) is 84.5 cm³/mol. The van der Waals surface area contributed by atoms with E-state index in [0.717, 1.165) is 16.5 Å². The maximum atomic E-state index is 6.02. The summed E-state index contributed by atoms with van der Waals surface area (Å²) in [6.45, 7) is 4.45. The average Bonchev–Trinajstić information content (AvgIpc) is 2.39. The molecule has 0 aromatic heterocycles. The van der Waals surface area contributed by atoms with Crippen molar-refractivity contribution < 1.29 is 4.74 Å². The van der Waals surface area contributed by atoms with Crippen LogP contribution >= 0.6 is 11.6 Å². The summed E-state index contributed by atoms with van der Waals surface area (Å²) in [7, 11) is 1.68. The second-order valence-corrected chi connectivity index (χ2v) is 5.53. The zero-order valence-corrected chi connectivity index (χ0v) is 13.1. The number of methoxy groups -OCH3 is 1. The maximum Gasteiger partial charge on any atom is 0.142 e. The lowest BCUT2D eigenvalue weighted by Gasteiger charge is -2.17. The van der Waals surface area contributed by atoms with E-state index in [-0.39, 0.29) is 0 Å². The van der Waals surface area contributed by atoms with Gasteiger partial charge in [-0.1, -0.05) is 50.6 Å². The molecular weight excluding hydrogens is 258 g/mol. The predicted octanol–water partition coefficient (Wildman–Crippen LogP) is 5.51. The lowest BCUT2D eigenvalue weighted by atomic mass is 10.1. The molecule has 1 atom stereocenters. The first-order valence-corrected chi connectivity index (χ1v) is 7.65. The van der Waals surface area contributed by atoms with Crippen LogP contribution in [0.2, 0.25) is 5.02 Å². The summed E-state index contributed by atoms with van der Waals surface area (Å²) >= 11 is 6.02.